The molecule has 0 bridgehead atoms. The third kappa shape index (κ3) is 4.76. The van der Waals surface area contributed by atoms with Gasteiger partial charge in [-0.25, -0.2) is 8.78 Å². The highest BCUT2D eigenvalue weighted by atomic mass is 19.3. The van der Waals surface area contributed by atoms with E-state index in [4.69, 9.17) is 4.74 Å². The van der Waals surface area contributed by atoms with Crippen LogP contribution in [0, 0.1) is 11.3 Å². The first-order valence-electron chi connectivity index (χ1n) is 12.9. The summed E-state index contributed by atoms with van der Waals surface area (Å²) in [4.78, 5) is 68.1. The number of Topliss-reactive ketones (excluding diaryl/α,β-unsaturated/α-hetero) is 2. The molecule has 12 heteroatoms. The summed E-state index contributed by atoms with van der Waals surface area (Å²) in [5.41, 5.74) is -0.830. The lowest BCUT2D eigenvalue weighted by Crippen LogP contribution is -2.53. The number of methoxy groups -OCH3 is 1. The van der Waals surface area contributed by atoms with E-state index in [1.807, 2.05) is 0 Å². The molecule has 208 valence electrons. The first-order valence-corrected chi connectivity index (χ1v) is 12.9. The van der Waals surface area contributed by atoms with Crippen molar-refractivity contribution in [3.63, 3.8) is 0 Å². The summed E-state index contributed by atoms with van der Waals surface area (Å²) in [6.45, 7) is 1.24. The van der Waals surface area contributed by atoms with Gasteiger partial charge in [0.05, 0.1) is 18.6 Å². The molecule has 2 aromatic rings. The molecular formula is C27H30F2N4O6. The van der Waals surface area contributed by atoms with Crippen molar-refractivity contribution < 1.29 is 37.5 Å². The predicted octanol–water partition coefficient (Wildman–Crippen LogP) is 1.98. The van der Waals surface area contributed by atoms with Gasteiger partial charge in [-0.15, -0.1) is 0 Å². The molecule has 3 heterocycles. The monoisotopic (exact) mass is 544 g/mol. The number of carbonyl (C=O) groups is 5. The summed E-state index contributed by atoms with van der Waals surface area (Å²) >= 11 is 0. The number of halogens is 2. The zero-order valence-corrected chi connectivity index (χ0v) is 21.6. The van der Waals surface area contributed by atoms with Gasteiger partial charge in [0.25, 0.3) is 11.8 Å². The van der Waals surface area contributed by atoms with Crippen LogP contribution in [-0.2, 0) is 19.2 Å². The largest absolute Gasteiger partial charge is 0.496 e. The summed E-state index contributed by atoms with van der Waals surface area (Å²) in [6, 6.07) is 4.13. The minimum Gasteiger partial charge on any atom is -0.496 e. The summed E-state index contributed by atoms with van der Waals surface area (Å²) < 4.78 is 34.2. The summed E-state index contributed by atoms with van der Waals surface area (Å²) in [7, 11) is 1.48. The van der Waals surface area contributed by atoms with Gasteiger partial charge in [0.15, 0.2) is 5.78 Å². The van der Waals surface area contributed by atoms with Crippen molar-refractivity contribution in [3.8, 4) is 5.75 Å². The zero-order chi connectivity index (χ0) is 28.1. The molecule has 0 radical (unpaired) electrons. The number of rotatable bonds is 8. The minimum absolute atomic E-state index is 0.0975. The number of hydrogen-bond donors (Lipinski definition) is 3. The number of aromatic nitrogens is 1. The van der Waals surface area contributed by atoms with Gasteiger partial charge in [-0.3, -0.25) is 24.0 Å². The highest BCUT2D eigenvalue weighted by Gasteiger charge is 2.75. The van der Waals surface area contributed by atoms with Gasteiger partial charge >= 0.3 is 0 Å². The van der Waals surface area contributed by atoms with Crippen LogP contribution in [0.5, 0.6) is 5.75 Å². The van der Waals surface area contributed by atoms with E-state index in [1.165, 1.54) is 7.11 Å². The third-order valence-corrected chi connectivity index (χ3v) is 8.18. The Labute approximate surface area is 222 Å². The molecule has 1 aromatic heterocycles. The molecule has 4 atom stereocenters. The minimum atomic E-state index is -3.03. The molecular weight excluding hydrogens is 514 g/mol. The highest BCUT2D eigenvalue weighted by molar-refractivity contribution is 6.38. The van der Waals surface area contributed by atoms with Crippen LogP contribution >= 0.6 is 0 Å². The number of nitrogens with one attached hydrogen (secondary N) is 3. The number of benzene rings is 1. The van der Waals surface area contributed by atoms with Crippen LogP contribution in [-0.4, -0.2) is 77.4 Å². The van der Waals surface area contributed by atoms with Crippen LogP contribution in [0.3, 0.4) is 0 Å². The van der Waals surface area contributed by atoms with Crippen LogP contribution in [0.15, 0.2) is 24.3 Å². The van der Waals surface area contributed by atoms with Gasteiger partial charge in [-0.05, 0) is 43.9 Å². The van der Waals surface area contributed by atoms with E-state index in [2.05, 4.69) is 15.6 Å². The number of aromatic amines is 1. The van der Waals surface area contributed by atoms with Crippen LogP contribution in [0.1, 0.15) is 49.5 Å². The van der Waals surface area contributed by atoms with Crippen molar-refractivity contribution in [1.29, 1.82) is 0 Å². The van der Waals surface area contributed by atoms with Gasteiger partial charge in [0.2, 0.25) is 17.6 Å². The number of H-pyrrole nitrogens is 1. The molecule has 10 nitrogen and oxygen atoms in total. The summed E-state index contributed by atoms with van der Waals surface area (Å²) in [5.74, 6) is -6.52. The lowest BCUT2D eigenvalue weighted by atomic mass is 9.89. The molecule has 2 saturated heterocycles. The van der Waals surface area contributed by atoms with Crippen molar-refractivity contribution in [2.45, 2.75) is 57.0 Å². The van der Waals surface area contributed by atoms with E-state index < -0.39 is 59.1 Å². The van der Waals surface area contributed by atoms with E-state index in [9.17, 15) is 32.8 Å². The van der Waals surface area contributed by atoms with Crippen molar-refractivity contribution in [2.75, 3.05) is 20.2 Å². The van der Waals surface area contributed by atoms with E-state index in [0.29, 0.717) is 36.0 Å². The molecule has 1 aromatic carbocycles. The van der Waals surface area contributed by atoms with E-state index in [1.54, 1.807) is 24.3 Å². The number of ketones is 2. The Morgan fingerprint density at radius 3 is 2.64 bits per heavy atom. The highest BCUT2D eigenvalue weighted by Crippen LogP contribution is 2.66. The molecule has 2 aliphatic heterocycles. The molecule has 5 rings (SSSR count). The van der Waals surface area contributed by atoms with Crippen LogP contribution in [0.4, 0.5) is 8.78 Å². The molecule has 4 unspecified atom stereocenters. The number of alkyl halides is 2. The fourth-order valence-electron chi connectivity index (χ4n) is 5.87. The van der Waals surface area contributed by atoms with Crippen LogP contribution < -0.4 is 15.4 Å². The maximum atomic E-state index is 14.4. The van der Waals surface area contributed by atoms with Crippen molar-refractivity contribution in [1.82, 2.24) is 20.5 Å². The number of piperidine rings is 1. The lowest BCUT2D eigenvalue weighted by molar-refractivity contribution is -0.139. The smallest absolute Gasteiger partial charge is 0.271 e. The van der Waals surface area contributed by atoms with Crippen molar-refractivity contribution >= 4 is 40.2 Å². The maximum Gasteiger partial charge on any atom is 0.271 e. The summed E-state index contributed by atoms with van der Waals surface area (Å²) in [5, 5.41) is 5.85. The van der Waals surface area contributed by atoms with E-state index >= 15 is 0 Å². The second-order valence-electron chi connectivity index (χ2n) is 10.8. The number of amides is 3. The number of hydrogen-bond acceptors (Lipinski definition) is 6. The Morgan fingerprint density at radius 1 is 1.26 bits per heavy atom. The number of likely N-dealkylation sites (tertiary alicyclic amines) is 1. The fraction of sp³-hybridized carbons (Fsp3) is 0.519. The SMILES string of the molecule is COc1cccc2[nH]c(C(=O)N3CC4(CC3C(=O)NC(CC3CCCNC3=O)C(=O)C(C)=O)CC4(F)F)cc12. The standard InChI is InChI=1S/C27H30F2N4O6/c1-14(34)22(35)18(9-15-5-4-8-30-23(15)36)32-24(37)20-11-26(12-27(26,28)29)13-33(20)25(38)19-10-16-17(31-19)6-3-7-21(16)39-2/h3,6-7,10,15,18,20,31H,4-5,8-9,11-13H2,1-2H3,(H,30,36)(H,32,37). The first-order chi connectivity index (χ1) is 18.5. The van der Waals surface area contributed by atoms with Gasteiger partial charge in [-0.2, -0.15) is 0 Å². The maximum absolute atomic E-state index is 14.4. The van der Waals surface area contributed by atoms with Crippen molar-refractivity contribution in [2.24, 2.45) is 11.3 Å². The van der Waals surface area contributed by atoms with Gasteiger partial charge in [0.1, 0.15) is 17.5 Å². The molecule has 3 fully saturated rings. The molecule has 39 heavy (non-hydrogen) atoms. The number of fused-ring (bicyclic) bond motifs is 1. The Morgan fingerprint density at radius 2 is 2.00 bits per heavy atom. The van der Waals surface area contributed by atoms with Gasteiger partial charge < -0.3 is 25.3 Å². The number of ether oxygens (including phenoxy) is 1. The normalized spacial score (nSPS) is 26.3. The van der Waals surface area contributed by atoms with Crippen molar-refractivity contribution in [3.05, 3.63) is 30.0 Å². The first kappa shape index (κ1) is 26.8. The number of carbonyl (C=O) groups excluding carboxylic acids is 5. The Bertz CT molecular complexity index is 1370. The molecule has 3 amide bonds. The fourth-order valence-corrected chi connectivity index (χ4v) is 5.87. The molecule has 1 spiro atoms. The van der Waals surface area contributed by atoms with Crippen LogP contribution in [0.25, 0.3) is 10.9 Å². The topological polar surface area (TPSA) is 138 Å². The lowest BCUT2D eigenvalue weighted by Gasteiger charge is -2.28. The summed E-state index contributed by atoms with van der Waals surface area (Å²) in [6.07, 6.45) is 0.331. The van der Waals surface area contributed by atoms with Gasteiger partial charge in [-0.1, -0.05) is 6.07 Å². The molecule has 1 saturated carbocycles. The van der Waals surface area contributed by atoms with E-state index in [0.717, 1.165) is 11.8 Å². The Balaban J connectivity index is 1.41. The second-order valence-corrected chi connectivity index (χ2v) is 10.8. The molecule has 3 N–H and O–H groups in total. The Hall–Kier alpha value is -3.83. The molecule has 1 aliphatic carbocycles. The quantitative estimate of drug-likeness (QED) is 0.435. The van der Waals surface area contributed by atoms with Crippen LogP contribution in [0.2, 0.25) is 0 Å². The Kier molecular flexibility index (Phi) is 6.68. The predicted molar refractivity (Wildman–Crippen MR) is 134 cm³/mol. The van der Waals surface area contributed by atoms with Gasteiger partial charge in [0, 0.05) is 43.3 Å². The average Bonchev–Trinajstić information content (AvgIpc) is 3.25. The van der Waals surface area contributed by atoms with E-state index in [-0.39, 0.29) is 31.0 Å². The molecule has 3 aliphatic rings. The second kappa shape index (κ2) is 9.73. The number of nitrogens with zero attached hydrogens (tertiary/aromatic N) is 1. The average molecular weight is 545 g/mol. The third-order valence-electron chi connectivity index (χ3n) is 8.18. The zero-order valence-electron chi connectivity index (χ0n) is 21.6.